The van der Waals surface area contributed by atoms with Crippen molar-refractivity contribution in [2.75, 3.05) is 13.1 Å². The van der Waals surface area contributed by atoms with Gasteiger partial charge in [0.05, 0.1) is 9.92 Å². The second-order valence-electron chi connectivity index (χ2n) is 4.66. The van der Waals surface area contributed by atoms with Crippen LogP contribution in [0.2, 0.25) is 5.02 Å². The number of hydrogen-bond acceptors (Lipinski definition) is 3. The molecule has 0 spiro atoms. The molecule has 5 nitrogen and oxygen atoms in total. The van der Waals surface area contributed by atoms with Crippen LogP contribution in [0.5, 0.6) is 0 Å². The fourth-order valence-electron chi connectivity index (χ4n) is 2.17. The second kappa shape index (κ2) is 5.67. The highest BCUT2D eigenvalue weighted by Gasteiger charge is 2.31. The zero-order valence-corrected chi connectivity index (χ0v) is 12.1. The molecule has 8 heteroatoms. The van der Waals surface area contributed by atoms with Crippen molar-refractivity contribution in [3.05, 3.63) is 29.0 Å². The zero-order valence-electron chi connectivity index (χ0n) is 10.6. The molecule has 1 aliphatic heterocycles. The summed E-state index contributed by atoms with van der Waals surface area (Å²) in [5, 5.41) is -0.238. The zero-order chi connectivity index (χ0) is 14.9. The van der Waals surface area contributed by atoms with Crippen LogP contribution >= 0.6 is 11.6 Å². The van der Waals surface area contributed by atoms with Gasteiger partial charge >= 0.3 is 0 Å². The SMILES string of the molecule is NC(=O)C1CCN(S(=O)(=O)c2ccc(F)c(Cl)c2)CC1. The summed E-state index contributed by atoms with van der Waals surface area (Å²) in [4.78, 5) is 11.0. The van der Waals surface area contributed by atoms with Crippen LogP contribution in [0, 0.1) is 11.7 Å². The van der Waals surface area contributed by atoms with Crippen LogP contribution in [0.15, 0.2) is 23.1 Å². The van der Waals surface area contributed by atoms with Crippen molar-refractivity contribution in [1.82, 2.24) is 4.31 Å². The Bertz CT molecular complexity index is 628. The monoisotopic (exact) mass is 320 g/mol. The Morgan fingerprint density at radius 3 is 2.45 bits per heavy atom. The maximum absolute atomic E-state index is 13.1. The summed E-state index contributed by atoms with van der Waals surface area (Å²) in [5.74, 6) is -1.37. The molecule has 0 bridgehead atoms. The fraction of sp³-hybridized carbons (Fsp3) is 0.417. The van der Waals surface area contributed by atoms with Gasteiger partial charge in [-0.2, -0.15) is 4.31 Å². The summed E-state index contributed by atoms with van der Waals surface area (Å²) in [6, 6.07) is 3.29. The first kappa shape index (κ1) is 15.2. The number of primary amides is 1. The van der Waals surface area contributed by atoms with E-state index in [1.54, 1.807) is 0 Å². The van der Waals surface area contributed by atoms with E-state index in [4.69, 9.17) is 17.3 Å². The molecule has 1 aliphatic rings. The number of hydrogen-bond donors (Lipinski definition) is 1. The minimum atomic E-state index is -3.72. The summed E-state index contributed by atoms with van der Waals surface area (Å²) in [6.07, 6.45) is 0.785. The van der Waals surface area contributed by atoms with Gasteiger partial charge in [-0.05, 0) is 31.0 Å². The first-order valence-electron chi connectivity index (χ1n) is 6.07. The van der Waals surface area contributed by atoms with E-state index >= 15 is 0 Å². The molecule has 1 aromatic carbocycles. The van der Waals surface area contributed by atoms with Crippen LogP contribution < -0.4 is 5.73 Å². The Morgan fingerprint density at radius 1 is 1.35 bits per heavy atom. The molecule has 1 fully saturated rings. The molecule has 1 amide bonds. The number of amides is 1. The Hall–Kier alpha value is -1.18. The van der Waals surface area contributed by atoms with Crippen LogP contribution in [0.25, 0.3) is 0 Å². The average Bonchev–Trinajstić information content (AvgIpc) is 2.41. The highest BCUT2D eigenvalue weighted by Crippen LogP contribution is 2.26. The normalized spacial score (nSPS) is 18.1. The molecule has 110 valence electrons. The third kappa shape index (κ3) is 2.94. The van der Waals surface area contributed by atoms with Crippen molar-refractivity contribution in [3.8, 4) is 0 Å². The van der Waals surface area contributed by atoms with E-state index < -0.39 is 21.7 Å². The third-order valence-corrected chi connectivity index (χ3v) is 5.57. The number of carbonyl (C=O) groups excluding carboxylic acids is 1. The smallest absolute Gasteiger partial charge is 0.243 e. The Labute approximate surface area is 121 Å². The molecule has 1 saturated heterocycles. The molecule has 0 aliphatic carbocycles. The fourth-order valence-corrected chi connectivity index (χ4v) is 3.91. The second-order valence-corrected chi connectivity index (χ2v) is 7.00. The number of nitrogens with two attached hydrogens (primary N) is 1. The summed E-state index contributed by atoms with van der Waals surface area (Å²) >= 11 is 5.60. The summed E-state index contributed by atoms with van der Waals surface area (Å²) in [5.41, 5.74) is 5.20. The molecular weight excluding hydrogens is 307 g/mol. The molecule has 2 rings (SSSR count). The topological polar surface area (TPSA) is 80.5 Å². The van der Waals surface area contributed by atoms with E-state index in [0.29, 0.717) is 12.8 Å². The number of sulfonamides is 1. The maximum Gasteiger partial charge on any atom is 0.243 e. The van der Waals surface area contributed by atoms with Crippen molar-refractivity contribution >= 4 is 27.5 Å². The molecule has 1 aromatic rings. The van der Waals surface area contributed by atoms with Crippen molar-refractivity contribution < 1.29 is 17.6 Å². The number of carbonyl (C=O) groups is 1. The van der Waals surface area contributed by atoms with Gasteiger partial charge in [-0.25, -0.2) is 12.8 Å². The first-order valence-corrected chi connectivity index (χ1v) is 7.88. The van der Waals surface area contributed by atoms with Crippen LogP contribution in [0.3, 0.4) is 0 Å². The number of benzene rings is 1. The first-order chi connectivity index (χ1) is 9.32. The number of nitrogens with zero attached hydrogens (tertiary/aromatic N) is 1. The predicted octanol–water partition coefficient (Wildman–Crippen LogP) is 1.37. The molecule has 1 heterocycles. The van der Waals surface area contributed by atoms with Gasteiger partial charge in [-0.3, -0.25) is 4.79 Å². The molecule has 0 unspecified atom stereocenters. The van der Waals surface area contributed by atoms with Crippen molar-refractivity contribution in [2.45, 2.75) is 17.7 Å². The summed E-state index contributed by atoms with van der Waals surface area (Å²) in [7, 11) is -3.72. The third-order valence-electron chi connectivity index (χ3n) is 3.39. The van der Waals surface area contributed by atoms with Gasteiger partial charge in [-0.1, -0.05) is 11.6 Å². The van der Waals surface area contributed by atoms with Gasteiger partial charge in [-0.15, -0.1) is 0 Å². The largest absolute Gasteiger partial charge is 0.369 e. The van der Waals surface area contributed by atoms with Gasteiger partial charge in [0.2, 0.25) is 15.9 Å². The molecule has 0 aromatic heterocycles. The molecule has 20 heavy (non-hydrogen) atoms. The van der Waals surface area contributed by atoms with E-state index in [-0.39, 0.29) is 28.9 Å². The van der Waals surface area contributed by atoms with E-state index in [1.807, 2.05) is 0 Å². The number of halogens is 2. The van der Waals surface area contributed by atoms with Crippen LogP contribution in [0.1, 0.15) is 12.8 Å². The quantitative estimate of drug-likeness (QED) is 0.913. The minimum absolute atomic E-state index is 0.0542. The van der Waals surface area contributed by atoms with Gasteiger partial charge in [0.15, 0.2) is 0 Å². The van der Waals surface area contributed by atoms with Gasteiger partial charge < -0.3 is 5.73 Å². The summed E-state index contributed by atoms with van der Waals surface area (Å²) < 4.78 is 39.0. The average molecular weight is 321 g/mol. The lowest BCUT2D eigenvalue weighted by Gasteiger charge is -2.29. The van der Waals surface area contributed by atoms with Crippen LogP contribution in [0.4, 0.5) is 4.39 Å². The lowest BCUT2D eigenvalue weighted by molar-refractivity contribution is -0.122. The molecular formula is C12H14ClFN2O3S. The lowest BCUT2D eigenvalue weighted by Crippen LogP contribution is -2.41. The van der Waals surface area contributed by atoms with E-state index in [0.717, 1.165) is 12.1 Å². The highest BCUT2D eigenvalue weighted by molar-refractivity contribution is 7.89. The number of rotatable bonds is 3. The van der Waals surface area contributed by atoms with Crippen molar-refractivity contribution in [1.29, 1.82) is 0 Å². The Morgan fingerprint density at radius 2 is 1.95 bits per heavy atom. The van der Waals surface area contributed by atoms with Crippen molar-refractivity contribution in [2.24, 2.45) is 11.7 Å². The molecule has 0 atom stereocenters. The lowest BCUT2D eigenvalue weighted by atomic mass is 9.98. The van der Waals surface area contributed by atoms with Crippen molar-refractivity contribution in [3.63, 3.8) is 0 Å². The van der Waals surface area contributed by atoms with E-state index in [2.05, 4.69) is 0 Å². The van der Waals surface area contributed by atoms with E-state index in [1.165, 1.54) is 10.4 Å². The molecule has 2 N–H and O–H groups in total. The van der Waals surface area contributed by atoms with Gasteiger partial charge in [0.1, 0.15) is 5.82 Å². The molecule has 0 saturated carbocycles. The van der Waals surface area contributed by atoms with Gasteiger partial charge in [0.25, 0.3) is 0 Å². The number of piperidine rings is 1. The molecule has 0 radical (unpaired) electrons. The predicted molar refractivity (Wildman–Crippen MR) is 72.1 cm³/mol. The van der Waals surface area contributed by atoms with Crippen LogP contribution in [-0.4, -0.2) is 31.7 Å². The Balaban J connectivity index is 2.19. The Kier molecular flexibility index (Phi) is 4.31. The van der Waals surface area contributed by atoms with E-state index in [9.17, 15) is 17.6 Å². The highest BCUT2D eigenvalue weighted by atomic mass is 35.5. The summed E-state index contributed by atoms with van der Waals surface area (Å²) in [6.45, 7) is 0.426. The standard InChI is InChI=1S/C12H14ClFN2O3S/c13-10-7-9(1-2-11(10)14)20(18,19)16-5-3-8(4-6-16)12(15)17/h1-2,7-8H,3-6H2,(H2,15,17). The minimum Gasteiger partial charge on any atom is -0.369 e. The van der Waals surface area contributed by atoms with Gasteiger partial charge in [0, 0.05) is 19.0 Å². The van der Waals surface area contributed by atoms with Crippen LogP contribution in [-0.2, 0) is 14.8 Å². The maximum atomic E-state index is 13.1.